The molecule has 7 heteroatoms. The molecule has 0 saturated heterocycles. The van der Waals surface area contributed by atoms with E-state index < -0.39 is 0 Å². The Morgan fingerprint density at radius 3 is 2.62 bits per heavy atom. The molecule has 0 atom stereocenters. The molecule has 0 radical (unpaired) electrons. The average molecular weight is 456 g/mol. The summed E-state index contributed by atoms with van der Waals surface area (Å²) in [5, 5.41) is 0. The van der Waals surface area contributed by atoms with Crippen LogP contribution in [0, 0.1) is 0 Å². The van der Waals surface area contributed by atoms with Crippen LogP contribution in [0.5, 0.6) is 17.2 Å². The molecule has 2 aromatic carbocycles. The number of aldehydes is 1. The largest absolute Gasteiger partial charge is 0.497 e. The Balaban J connectivity index is 1.58. The molecule has 1 aliphatic rings. The summed E-state index contributed by atoms with van der Waals surface area (Å²) < 4.78 is 29.5. The summed E-state index contributed by atoms with van der Waals surface area (Å²) in [6.45, 7) is 2.07. The lowest BCUT2D eigenvalue weighted by Gasteiger charge is -2.25. The van der Waals surface area contributed by atoms with Crippen molar-refractivity contribution in [3.63, 3.8) is 0 Å². The molecule has 168 valence electrons. The van der Waals surface area contributed by atoms with Gasteiger partial charge < -0.3 is 14.2 Å². The molecule has 2 heterocycles. The van der Waals surface area contributed by atoms with Gasteiger partial charge in [-0.3, -0.25) is 9.69 Å². The van der Waals surface area contributed by atoms with Crippen molar-refractivity contribution >= 4 is 17.6 Å². The highest BCUT2D eigenvalue weighted by Gasteiger charge is 2.21. The van der Waals surface area contributed by atoms with E-state index in [2.05, 4.69) is 11.0 Å². The number of thiophene rings is 1. The van der Waals surface area contributed by atoms with Gasteiger partial charge in [-0.2, -0.15) is 0 Å². The van der Waals surface area contributed by atoms with Crippen LogP contribution >= 0.6 is 11.3 Å². The van der Waals surface area contributed by atoms with Gasteiger partial charge in [0, 0.05) is 29.4 Å². The van der Waals surface area contributed by atoms with Crippen molar-refractivity contribution in [1.29, 1.82) is 0 Å². The average Bonchev–Trinajstić information content (AvgIpc) is 3.26. The fourth-order valence-corrected chi connectivity index (χ4v) is 5.03. The normalized spacial score (nSPS) is 13.5. The molecule has 1 aromatic heterocycles. The molecular weight excluding hydrogens is 429 g/mol. The van der Waals surface area contributed by atoms with E-state index in [0.717, 1.165) is 47.6 Å². The topological polar surface area (TPSA) is 48.0 Å². The van der Waals surface area contributed by atoms with Gasteiger partial charge in [-0.05, 0) is 53.4 Å². The second-order valence-corrected chi connectivity index (χ2v) is 8.76. The van der Waals surface area contributed by atoms with E-state index in [1.807, 2.05) is 36.4 Å². The molecule has 3 aromatic rings. The molecule has 0 bridgehead atoms. The number of carbonyl (C=O) groups excluding carboxylic acids is 1. The monoisotopic (exact) mass is 455 g/mol. The number of nitrogens with zero attached hydrogens (tertiary/aromatic N) is 1. The van der Waals surface area contributed by atoms with Crippen LogP contribution < -0.4 is 14.2 Å². The van der Waals surface area contributed by atoms with Crippen molar-refractivity contribution in [2.75, 3.05) is 34.0 Å². The lowest BCUT2D eigenvalue weighted by atomic mass is 10.1. The quantitative estimate of drug-likeness (QED) is 0.418. The second kappa shape index (κ2) is 10.1. The molecule has 4 rings (SSSR count). The van der Waals surface area contributed by atoms with Crippen molar-refractivity contribution in [2.24, 2.45) is 0 Å². The number of benzene rings is 2. The van der Waals surface area contributed by atoms with Gasteiger partial charge in [0.05, 0.1) is 19.8 Å². The Morgan fingerprint density at radius 2 is 1.94 bits per heavy atom. The molecule has 0 amide bonds. The van der Waals surface area contributed by atoms with Crippen LogP contribution in [0.4, 0.5) is 4.39 Å². The first-order valence-electron chi connectivity index (χ1n) is 10.5. The number of carbonyl (C=O) groups is 1. The zero-order valence-electron chi connectivity index (χ0n) is 18.2. The van der Waals surface area contributed by atoms with Crippen molar-refractivity contribution < 1.29 is 23.4 Å². The smallest absolute Gasteiger partial charge is 0.172 e. The predicted molar refractivity (Wildman–Crippen MR) is 124 cm³/mol. The first-order chi connectivity index (χ1) is 15.6. The van der Waals surface area contributed by atoms with Gasteiger partial charge in [-0.25, -0.2) is 4.39 Å². The summed E-state index contributed by atoms with van der Waals surface area (Å²) in [4.78, 5) is 16.4. The van der Waals surface area contributed by atoms with Crippen molar-refractivity contribution in [3.8, 4) is 27.7 Å². The number of hydrogen-bond acceptors (Lipinski definition) is 6. The maximum Gasteiger partial charge on any atom is 0.172 e. The number of rotatable bonds is 9. The second-order valence-electron chi connectivity index (χ2n) is 7.63. The maximum absolute atomic E-state index is 12.7. The van der Waals surface area contributed by atoms with Gasteiger partial charge in [-0.15, -0.1) is 11.3 Å². The molecule has 32 heavy (non-hydrogen) atoms. The van der Waals surface area contributed by atoms with Crippen molar-refractivity contribution in [3.05, 3.63) is 64.0 Å². The van der Waals surface area contributed by atoms with Gasteiger partial charge in [-0.1, -0.05) is 12.1 Å². The molecule has 0 aliphatic carbocycles. The zero-order valence-corrected chi connectivity index (χ0v) is 19.0. The van der Waals surface area contributed by atoms with Crippen molar-refractivity contribution in [2.45, 2.75) is 19.6 Å². The number of alkyl halides is 1. The third-order valence-electron chi connectivity index (χ3n) is 5.60. The van der Waals surface area contributed by atoms with Crippen molar-refractivity contribution in [1.82, 2.24) is 4.90 Å². The molecule has 0 fully saturated rings. The predicted octanol–water partition coefficient (Wildman–Crippen LogP) is 5.15. The summed E-state index contributed by atoms with van der Waals surface area (Å²) in [7, 11) is 3.20. The standard InChI is InChI=1S/C25H26FNO4S/c1-29-21-5-3-17(4-6-21)16-31-25-20(15-28)11-18(12-22(25)30-2)24-13-19-14-27(10-8-26)9-7-23(19)32-24/h3-6,11-13,15H,7-10,14,16H2,1-2H3. The third-order valence-corrected chi connectivity index (χ3v) is 6.89. The van der Waals surface area contributed by atoms with Gasteiger partial charge >= 0.3 is 0 Å². The van der Waals surface area contributed by atoms with Crippen LogP contribution in [0.15, 0.2) is 42.5 Å². The molecule has 5 nitrogen and oxygen atoms in total. The SMILES string of the molecule is COc1ccc(COc2c(C=O)cc(-c3cc4c(s3)CCN(CCF)C4)cc2OC)cc1. The highest BCUT2D eigenvalue weighted by atomic mass is 32.1. The maximum atomic E-state index is 12.7. The highest BCUT2D eigenvalue weighted by molar-refractivity contribution is 7.15. The Bertz CT molecular complexity index is 1080. The van der Waals surface area contributed by atoms with E-state index >= 15 is 0 Å². The molecule has 0 saturated carbocycles. The van der Waals surface area contributed by atoms with E-state index in [-0.39, 0.29) is 6.67 Å². The number of ether oxygens (including phenoxy) is 3. The first kappa shape index (κ1) is 22.3. The molecule has 0 spiro atoms. The van der Waals surface area contributed by atoms with E-state index in [1.54, 1.807) is 25.6 Å². The summed E-state index contributed by atoms with van der Waals surface area (Å²) in [6.07, 6.45) is 1.71. The summed E-state index contributed by atoms with van der Waals surface area (Å²) >= 11 is 1.72. The Hall–Kier alpha value is -2.90. The van der Waals surface area contributed by atoms with E-state index in [9.17, 15) is 9.18 Å². The lowest BCUT2D eigenvalue weighted by Crippen LogP contribution is -2.31. The van der Waals surface area contributed by atoms with Gasteiger partial charge in [0.25, 0.3) is 0 Å². The minimum absolute atomic E-state index is 0.304. The molecule has 1 aliphatic heterocycles. The zero-order chi connectivity index (χ0) is 22.5. The van der Waals surface area contributed by atoms with Gasteiger partial charge in [0.2, 0.25) is 0 Å². The summed E-state index contributed by atoms with van der Waals surface area (Å²) in [5.74, 6) is 1.72. The summed E-state index contributed by atoms with van der Waals surface area (Å²) in [6, 6.07) is 13.5. The minimum atomic E-state index is -0.329. The Kier molecular flexibility index (Phi) is 7.07. The van der Waals surface area contributed by atoms with E-state index in [1.165, 1.54) is 10.4 Å². The van der Waals surface area contributed by atoms with E-state index in [4.69, 9.17) is 14.2 Å². The number of fused-ring (bicyclic) bond motifs is 1. The van der Waals surface area contributed by atoms with Crippen LogP contribution in [-0.4, -0.2) is 45.2 Å². The third kappa shape index (κ3) is 4.79. The lowest BCUT2D eigenvalue weighted by molar-refractivity contribution is 0.111. The fourth-order valence-electron chi connectivity index (χ4n) is 3.88. The van der Waals surface area contributed by atoms with Crippen LogP contribution in [0.25, 0.3) is 10.4 Å². The van der Waals surface area contributed by atoms with Gasteiger partial charge in [0.15, 0.2) is 17.8 Å². The van der Waals surface area contributed by atoms with Crippen LogP contribution in [0.3, 0.4) is 0 Å². The van der Waals surface area contributed by atoms with Crippen LogP contribution in [0.1, 0.15) is 26.4 Å². The van der Waals surface area contributed by atoms with Crippen LogP contribution in [0.2, 0.25) is 0 Å². The molecule has 0 unspecified atom stereocenters. The first-order valence-corrected chi connectivity index (χ1v) is 11.3. The fraction of sp³-hybridized carbons (Fsp3) is 0.320. The Morgan fingerprint density at radius 1 is 1.12 bits per heavy atom. The van der Waals surface area contributed by atoms with Crippen LogP contribution in [-0.2, 0) is 19.6 Å². The number of hydrogen-bond donors (Lipinski definition) is 0. The number of halogens is 1. The summed E-state index contributed by atoms with van der Waals surface area (Å²) in [5.41, 5.74) is 3.55. The highest BCUT2D eigenvalue weighted by Crippen LogP contribution is 2.40. The van der Waals surface area contributed by atoms with Gasteiger partial charge in [0.1, 0.15) is 19.0 Å². The molecular formula is C25H26FNO4S. The Labute approximate surface area is 191 Å². The molecule has 0 N–H and O–H groups in total. The number of methoxy groups -OCH3 is 2. The van der Waals surface area contributed by atoms with E-state index in [0.29, 0.717) is 30.2 Å². The minimum Gasteiger partial charge on any atom is -0.497 e.